The zero-order chi connectivity index (χ0) is 20.9. The molecule has 0 saturated carbocycles. The zero-order valence-corrected chi connectivity index (χ0v) is 16.4. The van der Waals surface area contributed by atoms with Crippen LogP contribution in [0.25, 0.3) is 11.0 Å². The van der Waals surface area contributed by atoms with Gasteiger partial charge in [0.2, 0.25) is 0 Å². The number of para-hydroxylation sites is 2. The van der Waals surface area contributed by atoms with E-state index in [2.05, 4.69) is 16.0 Å². The smallest absolute Gasteiger partial charge is 0.419 e. The minimum atomic E-state index is -4.40. The van der Waals surface area contributed by atoms with Crippen molar-refractivity contribution in [1.29, 1.82) is 0 Å². The summed E-state index contributed by atoms with van der Waals surface area (Å²) >= 11 is 0. The fourth-order valence-electron chi connectivity index (χ4n) is 3.18. The van der Waals surface area contributed by atoms with E-state index in [1.165, 1.54) is 18.7 Å². The van der Waals surface area contributed by atoms with Crippen molar-refractivity contribution in [2.75, 3.05) is 33.4 Å². The molecule has 4 rings (SSSR count). The molecule has 0 N–H and O–H groups in total. The lowest BCUT2D eigenvalue weighted by molar-refractivity contribution is -0.138. The van der Waals surface area contributed by atoms with Gasteiger partial charge >= 0.3 is 6.18 Å². The highest BCUT2D eigenvalue weighted by atomic mass is 19.4. The number of hydrogen-bond donors (Lipinski definition) is 0. The van der Waals surface area contributed by atoms with Crippen LogP contribution in [0.3, 0.4) is 0 Å². The normalized spacial score (nSPS) is 15.1. The van der Waals surface area contributed by atoms with E-state index in [-0.39, 0.29) is 5.75 Å². The Labute approximate surface area is 167 Å². The van der Waals surface area contributed by atoms with E-state index in [1.807, 2.05) is 36.1 Å². The summed E-state index contributed by atoms with van der Waals surface area (Å²) in [6, 6.07) is 12.3. The number of methoxy groups -OCH3 is 1. The van der Waals surface area contributed by atoms with Crippen LogP contribution in [0.15, 0.2) is 48.8 Å². The maximum Gasteiger partial charge on any atom is 0.419 e. The molecule has 5 nitrogen and oxygen atoms in total. The molecule has 0 radical (unpaired) electrons. The van der Waals surface area contributed by atoms with Crippen molar-refractivity contribution >= 4 is 11.0 Å². The summed E-state index contributed by atoms with van der Waals surface area (Å²) in [7, 11) is 3.24. The van der Waals surface area contributed by atoms with Crippen molar-refractivity contribution in [2.24, 2.45) is 7.05 Å². The Morgan fingerprint density at radius 3 is 2.48 bits per heavy atom. The Hall–Kier alpha value is -2.58. The summed E-state index contributed by atoms with van der Waals surface area (Å²) in [5, 5.41) is 0. The predicted molar refractivity (Wildman–Crippen MR) is 105 cm³/mol. The fourth-order valence-corrected chi connectivity index (χ4v) is 3.18. The van der Waals surface area contributed by atoms with Gasteiger partial charge in [0, 0.05) is 26.7 Å². The summed E-state index contributed by atoms with van der Waals surface area (Å²) in [5.41, 5.74) is 2.16. The van der Waals surface area contributed by atoms with Crippen molar-refractivity contribution in [2.45, 2.75) is 12.7 Å². The molecule has 1 aliphatic rings. The van der Waals surface area contributed by atoms with Crippen molar-refractivity contribution in [3.8, 4) is 5.75 Å². The Balaban J connectivity index is 0.000000200. The number of morpholine rings is 1. The lowest BCUT2D eigenvalue weighted by Crippen LogP contribution is -2.35. The number of ether oxygens (including phenoxy) is 2. The monoisotopic (exact) mass is 407 g/mol. The third-order valence-electron chi connectivity index (χ3n) is 4.71. The van der Waals surface area contributed by atoms with Crippen LogP contribution in [0.1, 0.15) is 11.1 Å². The highest BCUT2D eigenvalue weighted by Crippen LogP contribution is 2.36. The molecule has 3 aromatic rings. The van der Waals surface area contributed by atoms with Crippen LogP contribution in [0, 0.1) is 0 Å². The Bertz CT molecular complexity index is 934. The molecule has 2 heterocycles. The average molecular weight is 407 g/mol. The fraction of sp³-hybridized carbons (Fsp3) is 0.381. The average Bonchev–Trinajstić information content (AvgIpc) is 3.10. The van der Waals surface area contributed by atoms with Gasteiger partial charge in [0.1, 0.15) is 5.75 Å². The Morgan fingerprint density at radius 1 is 1.10 bits per heavy atom. The third kappa shape index (κ3) is 5.48. The van der Waals surface area contributed by atoms with Gasteiger partial charge in [-0.3, -0.25) is 4.90 Å². The molecular weight excluding hydrogens is 383 g/mol. The first-order valence-electron chi connectivity index (χ1n) is 9.29. The first-order chi connectivity index (χ1) is 13.9. The van der Waals surface area contributed by atoms with Gasteiger partial charge in [0.05, 0.1) is 43.2 Å². The van der Waals surface area contributed by atoms with E-state index >= 15 is 0 Å². The van der Waals surface area contributed by atoms with E-state index in [9.17, 15) is 13.2 Å². The van der Waals surface area contributed by atoms with Crippen LogP contribution in [0.5, 0.6) is 5.75 Å². The van der Waals surface area contributed by atoms with Gasteiger partial charge in [-0.05, 0) is 29.8 Å². The molecule has 0 unspecified atom stereocenters. The molecule has 156 valence electrons. The second kappa shape index (κ2) is 9.28. The number of rotatable bonds is 3. The molecule has 0 bridgehead atoms. The Morgan fingerprint density at radius 2 is 1.83 bits per heavy atom. The maximum absolute atomic E-state index is 12.9. The number of halogens is 3. The minimum absolute atomic E-state index is 0.141. The lowest BCUT2D eigenvalue weighted by atomic mass is 10.1. The zero-order valence-electron chi connectivity index (χ0n) is 16.4. The molecular formula is C21H24F3N3O2. The molecule has 1 aromatic heterocycles. The largest absolute Gasteiger partial charge is 0.496 e. The lowest BCUT2D eigenvalue weighted by Gasteiger charge is -2.27. The molecule has 0 spiro atoms. The highest BCUT2D eigenvalue weighted by Gasteiger charge is 2.34. The number of aryl methyl sites for hydroxylation is 1. The maximum atomic E-state index is 12.9. The molecule has 0 atom stereocenters. The third-order valence-corrected chi connectivity index (χ3v) is 4.71. The first kappa shape index (κ1) is 21.1. The van der Waals surface area contributed by atoms with Crippen LogP contribution < -0.4 is 4.74 Å². The standard InChI is InChI=1S/C13H16F3NO2.C8H8N2/c1-18-12-3-2-10(8-11(12)13(14,15)16)9-17-4-6-19-7-5-17;1-10-6-9-7-4-2-3-5-8(7)10/h2-3,8H,4-7,9H2,1H3;2-6H,1H3. The van der Waals surface area contributed by atoms with Crippen LogP contribution in [-0.2, 0) is 24.5 Å². The molecule has 2 aromatic carbocycles. The summed E-state index contributed by atoms with van der Waals surface area (Å²) in [6.07, 6.45) is -2.57. The van der Waals surface area contributed by atoms with Gasteiger partial charge in [0.15, 0.2) is 0 Å². The minimum Gasteiger partial charge on any atom is -0.496 e. The highest BCUT2D eigenvalue weighted by molar-refractivity contribution is 5.74. The van der Waals surface area contributed by atoms with Crippen molar-refractivity contribution in [3.63, 3.8) is 0 Å². The van der Waals surface area contributed by atoms with E-state index < -0.39 is 11.7 Å². The quantitative estimate of drug-likeness (QED) is 0.655. The predicted octanol–water partition coefficient (Wildman–Crippen LogP) is 4.12. The van der Waals surface area contributed by atoms with E-state index in [0.29, 0.717) is 25.3 Å². The molecule has 8 heteroatoms. The topological polar surface area (TPSA) is 39.5 Å². The summed E-state index contributed by atoms with van der Waals surface area (Å²) < 4.78 is 50.6. The van der Waals surface area contributed by atoms with E-state index in [1.54, 1.807) is 6.07 Å². The summed E-state index contributed by atoms with van der Waals surface area (Å²) in [5.74, 6) is -0.141. The Kier molecular flexibility index (Phi) is 6.76. The molecule has 29 heavy (non-hydrogen) atoms. The van der Waals surface area contributed by atoms with Gasteiger partial charge in [-0.15, -0.1) is 0 Å². The molecule has 1 saturated heterocycles. The summed E-state index contributed by atoms with van der Waals surface area (Å²) in [6.45, 7) is 3.24. The number of fused-ring (bicyclic) bond motifs is 1. The van der Waals surface area contributed by atoms with E-state index in [4.69, 9.17) is 9.47 Å². The molecule has 0 aliphatic carbocycles. The van der Waals surface area contributed by atoms with Gasteiger partial charge < -0.3 is 14.0 Å². The van der Waals surface area contributed by atoms with Crippen LogP contribution in [0.4, 0.5) is 13.2 Å². The van der Waals surface area contributed by atoms with Gasteiger partial charge in [-0.25, -0.2) is 4.98 Å². The van der Waals surface area contributed by atoms with Crippen molar-refractivity contribution in [3.05, 3.63) is 59.9 Å². The van der Waals surface area contributed by atoms with Gasteiger partial charge in [-0.1, -0.05) is 18.2 Å². The van der Waals surface area contributed by atoms with E-state index in [0.717, 1.165) is 24.7 Å². The van der Waals surface area contributed by atoms with Crippen LogP contribution in [-0.4, -0.2) is 47.9 Å². The molecule has 1 aliphatic heterocycles. The van der Waals surface area contributed by atoms with Crippen LogP contribution in [0.2, 0.25) is 0 Å². The SMILES string of the molecule is COc1ccc(CN2CCOCC2)cc1C(F)(F)F.Cn1cnc2ccccc21. The van der Waals surface area contributed by atoms with Crippen molar-refractivity contribution in [1.82, 2.24) is 14.5 Å². The molecule has 0 amide bonds. The number of alkyl halides is 3. The summed E-state index contributed by atoms with van der Waals surface area (Å²) in [4.78, 5) is 6.26. The van der Waals surface area contributed by atoms with Gasteiger partial charge in [0.25, 0.3) is 0 Å². The second-order valence-corrected chi connectivity index (χ2v) is 6.77. The number of imidazole rings is 1. The van der Waals surface area contributed by atoms with Crippen molar-refractivity contribution < 1.29 is 22.6 Å². The van der Waals surface area contributed by atoms with Gasteiger partial charge in [-0.2, -0.15) is 13.2 Å². The number of hydrogen-bond acceptors (Lipinski definition) is 4. The number of nitrogens with zero attached hydrogens (tertiary/aromatic N) is 3. The second-order valence-electron chi connectivity index (χ2n) is 6.77. The number of benzene rings is 2. The number of aromatic nitrogens is 2. The molecule has 1 fully saturated rings. The first-order valence-corrected chi connectivity index (χ1v) is 9.29. The van der Waals surface area contributed by atoms with Crippen LogP contribution >= 0.6 is 0 Å².